The first-order chi connectivity index (χ1) is 9.69. The summed E-state index contributed by atoms with van der Waals surface area (Å²) in [5.41, 5.74) is 1.32. The van der Waals surface area contributed by atoms with Crippen LogP contribution in [0, 0.1) is 0 Å². The van der Waals surface area contributed by atoms with E-state index in [1.54, 1.807) is 25.3 Å². The Morgan fingerprint density at radius 1 is 1.15 bits per heavy atom. The molecule has 0 amide bonds. The summed E-state index contributed by atoms with van der Waals surface area (Å²) in [6, 6.07) is 14.6. The van der Waals surface area contributed by atoms with Crippen LogP contribution in [-0.4, -0.2) is 12.2 Å². The van der Waals surface area contributed by atoms with Crippen LogP contribution in [0.5, 0.6) is 5.75 Å². The van der Waals surface area contributed by atoms with Crippen molar-refractivity contribution < 1.29 is 14.3 Å². The molecule has 1 aromatic heterocycles. The number of aliphatic hydroxyl groups excluding tert-OH is 1. The number of para-hydroxylation sites is 1. The number of rotatable bonds is 3. The molecule has 0 aliphatic carbocycles. The van der Waals surface area contributed by atoms with Crippen LogP contribution < -0.4 is 4.74 Å². The first kappa shape index (κ1) is 13.0. The van der Waals surface area contributed by atoms with E-state index in [0.717, 1.165) is 11.0 Å². The lowest BCUT2D eigenvalue weighted by Gasteiger charge is -2.13. The summed E-state index contributed by atoms with van der Waals surface area (Å²) in [6.07, 6.45) is -0.920. The van der Waals surface area contributed by atoms with Crippen LogP contribution in [0.2, 0.25) is 5.02 Å². The van der Waals surface area contributed by atoms with Gasteiger partial charge in [0.2, 0.25) is 0 Å². The van der Waals surface area contributed by atoms with Gasteiger partial charge in [0.1, 0.15) is 23.2 Å². The van der Waals surface area contributed by atoms with E-state index in [4.69, 9.17) is 20.8 Å². The Kier molecular flexibility index (Phi) is 3.38. The predicted octanol–water partition coefficient (Wildman–Crippen LogP) is 4.18. The van der Waals surface area contributed by atoms with Crippen molar-refractivity contribution >= 4 is 22.6 Å². The number of hydrogen-bond donors (Lipinski definition) is 1. The van der Waals surface area contributed by atoms with Crippen LogP contribution in [0.15, 0.2) is 52.9 Å². The van der Waals surface area contributed by atoms with Crippen LogP contribution >= 0.6 is 11.6 Å². The zero-order valence-electron chi connectivity index (χ0n) is 10.8. The average molecular weight is 289 g/mol. The minimum Gasteiger partial charge on any atom is -0.496 e. The zero-order valence-corrected chi connectivity index (χ0v) is 11.6. The van der Waals surface area contributed by atoms with E-state index < -0.39 is 6.10 Å². The third-order valence-corrected chi connectivity index (χ3v) is 3.44. The average Bonchev–Trinajstić information content (AvgIpc) is 2.90. The molecule has 0 saturated carbocycles. The normalized spacial score (nSPS) is 12.6. The smallest absolute Gasteiger partial charge is 0.140 e. The van der Waals surface area contributed by atoms with E-state index in [1.807, 2.05) is 30.3 Å². The molecule has 20 heavy (non-hydrogen) atoms. The molecule has 3 rings (SSSR count). The maximum absolute atomic E-state index is 10.5. The number of ether oxygens (including phenoxy) is 1. The molecule has 4 heteroatoms. The van der Waals surface area contributed by atoms with Gasteiger partial charge in [-0.05, 0) is 30.3 Å². The van der Waals surface area contributed by atoms with Gasteiger partial charge in [-0.3, -0.25) is 0 Å². The quantitative estimate of drug-likeness (QED) is 0.786. The molecule has 0 radical (unpaired) electrons. The van der Waals surface area contributed by atoms with Gasteiger partial charge in [0.25, 0.3) is 0 Å². The molecular weight excluding hydrogens is 276 g/mol. The molecule has 1 heterocycles. The SMILES string of the molecule is COc1ccc(Cl)cc1C(O)c1cc2ccccc2o1. The van der Waals surface area contributed by atoms with E-state index in [-0.39, 0.29) is 0 Å². The number of benzene rings is 2. The molecule has 1 unspecified atom stereocenters. The molecule has 1 N–H and O–H groups in total. The Balaban J connectivity index is 2.07. The van der Waals surface area contributed by atoms with Gasteiger partial charge in [-0.2, -0.15) is 0 Å². The minimum atomic E-state index is -0.920. The Bertz CT molecular complexity index is 715. The maximum Gasteiger partial charge on any atom is 0.140 e. The summed E-state index contributed by atoms with van der Waals surface area (Å²) in [6.45, 7) is 0. The highest BCUT2D eigenvalue weighted by molar-refractivity contribution is 6.30. The predicted molar refractivity (Wildman–Crippen MR) is 78.3 cm³/mol. The van der Waals surface area contributed by atoms with Crippen molar-refractivity contribution in [1.29, 1.82) is 0 Å². The zero-order chi connectivity index (χ0) is 14.1. The van der Waals surface area contributed by atoms with Crippen molar-refractivity contribution in [3.8, 4) is 5.75 Å². The molecule has 0 saturated heterocycles. The van der Waals surface area contributed by atoms with Crippen molar-refractivity contribution in [1.82, 2.24) is 0 Å². The van der Waals surface area contributed by atoms with Gasteiger partial charge in [0.15, 0.2) is 0 Å². The minimum absolute atomic E-state index is 0.465. The van der Waals surface area contributed by atoms with Crippen LogP contribution in [0.25, 0.3) is 11.0 Å². The third kappa shape index (κ3) is 2.26. The van der Waals surface area contributed by atoms with Crippen molar-refractivity contribution in [3.63, 3.8) is 0 Å². The van der Waals surface area contributed by atoms with E-state index in [0.29, 0.717) is 22.1 Å². The number of furan rings is 1. The summed E-state index contributed by atoms with van der Waals surface area (Å²) < 4.78 is 10.9. The standard InChI is InChI=1S/C16H13ClO3/c1-19-14-7-6-11(17)9-12(14)16(18)15-8-10-4-2-3-5-13(10)20-15/h2-9,16,18H,1H3. The first-order valence-corrected chi connectivity index (χ1v) is 6.57. The third-order valence-electron chi connectivity index (χ3n) is 3.20. The molecule has 0 aliphatic rings. The van der Waals surface area contributed by atoms with Gasteiger partial charge in [-0.1, -0.05) is 29.8 Å². The van der Waals surface area contributed by atoms with E-state index in [2.05, 4.69) is 0 Å². The molecule has 0 bridgehead atoms. The van der Waals surface area contributed by atoms with E-state index in [9.17, 15) is 5.11 Å². The van der Waals surface area contributed by atoms with Gasteiger partial charge in [0, 0.05) is 16.0 Å². The number of methoxy groups -OCH3 is 1. The molecule has 3 aromatic rings. The summed E-state index contributed by atoms with van der Waals surface area (Å²) in [7, 11) is 1.55. The van der Waals surface area contributed by atoms with E-state index >= 15 is 0 Å². The van der Waals surface area contributed by atoms with Crippen molar-refractivity contribution in [3.05, 3.63) is 64.9 Å². The second kappa shape index (κ2) is 5.19. The monoisotopic (exact) mass is 288 g/mol. The Morgan fingerprint density at radius 2 is 1.95 bits per heavy atom. The van der Waals surface area contributed by atoms with Gasteiger partial charge < -0.3 is 14.3 Å². The van der Waals surface area contributed by atoms with E-state index in [1.165, 1.54) is 0 Å². The summed E-state index contributed by atoms with van der Waals surface area (Å²) >= 11 is 5.99. The summed E-state index contributed by atoms with van der Waals surface area (Å²) in [5, 5.41) is 12.0. The number of aliphatic hydroxyl groups is 1. The second-order valence-corrected chi connectivity index (χ2v) is 4.91. The molecule has 3 nitrogen and oxygen atoms in total. The van der Waals surface area contributed by atoms with Crippen molar-refractivity contribution in [2.24, 2.45) is 0 Å². The number of hydrogen-bond acceptors (Lipinski definition) is 3. The fourth-order valence-corrected chi connectivity index (χ4v) is 2.39. The number of halogens is 1. The maximum atomic E-state index is 10.5. The summed E-state index contributed by atoms with van der Waals surface area (Å²) in [4.78, 5) is 0. The first-order valence-electron chi connectivity index (χ1n) is 6.19. The van der Waals surface area contributed by atoms with Crippen LogP contribution in [0.1, 0.15) is 17.4 Å². The highest BCUT2D eigenvalue weighted by atomic mass is 35.5. The lowest BCUT2D eigenvalue weighted by molar-refractivity contribution is 0.188. The van der Waals surface area contributed by atoms with Crippen molar-refractivity contribution in [2.75, 3.05) is 7.11 Å². The Hall–Kier alpha value is -1.97. The second-order valence-electron chi connectivity index (χ2n) is 4.48. The lowest BCUT2D eigenvalue weighted by Crippen LogP contribution is -2.01. The molecule has 0 aliphatic heterocycles. The fraction of sp³-hybridized carbons (Fsp3) is 0.125. The molecule has 0 fully saturated rings. The van der Waals surface area contributed by atoms with Gasteiger partial charge in [-0.15, -0.1) is 0 Å². The van der Waals surface area contributed by atoms with Gasteiger partial charge in [-0.25, -0.2) is 0 Å². The van der Waals surface area contributed by atoms with Crippen LogP contribution in [0.4, 0.5) is 0 Å². The Labute approximate surface area is 121 Å². The van der Waals surface area contributed by atoms with Crippen LogP contribution in [0.3, 0.4) is 0 Å². The molecule has 0 spiro atoms. The lowest BCUT2D eigenvalue weighted by atomic mass is 10.1. The van der Waals surface area contributed by atoms with Gasteiger partial charge >= 0.3 is 0 Å². The highest BCUT2D eigenvalue weighted by Gasteiger charge is 2.19. The highest BCUT2D eigenvalue weighted by Crippen LogP contribution is 2.34. The Morgan fingerprint density at radius 3 is 2.70 bits per heavy atom. The molecule has 102 valence electrons. The van der Waals surface area contributed by atoms with Crippen molar-refractivity contribution in [2.45, 2.75) is 6.10 Å². The van der Waals surface area contributed by atoms with Crippen LogP contribution in [-0.2, 0) is 0 Å². The summed E-state index contributed by atoms with van der Waals surface area (Å²) in [5.74, 6) is 1.04. The topological polar surface area (TPSA) is 42.6 Å². The molecule has 2 aromatic carbocycles. The van der Waals surface area contributed by atoms with Gasteiger partial charge in [0.05, 0.1) is 7.11 Å². The molecule has 1 atom stereocenters. The number of fused-ring (bicyclic) bond motifs is 1. The molecular formula is C16H13ClO3. The fourth-order valence-electron chi connectivity index (χ4n) is 2.21. The largest absolute Gasteiger partial charge is 0.496 e.